The zero-order valence-corrected chi connectivity index (χ0v) is 11.9. The van der Waals surface area contributed by atoms with Crippen molar-refractivity contribution in [2.45, 2.75) is 39.5 Å². The zero-order valence-electron chi connectivity index (χ0n) is 11.1. The zero-order chi connectivity index (χ0) is 12.9. The van der Waals surface area contributed by atoms with E-state index in [4.69, 9.17) is 5.73 Å². The van der Waals surface area contributed by atoms with Gasteiger partial charge in [0.05, 0.1) is 5.75 Å². The van der Waals surface area contributed by atoms with Gasteiger partial charge in [0.25, 0.3) is 0 Å². The summed E-state index contributed by atoms with van der Waals surface area (Å²) in [6.45, 7) is 6.20. The summed E-state index contributed by atoms with van der Waals surface area (Å²) in [7, 11) is -3.01. The van der Waals surface area contributed by atoms with Crippen LogP contribution >= 0.6 is 0 Å². The molecule has 0 atom stereocenters. The van der Waals surface area contributed by atoms with Gasteiger partial charge in [0.15, 0.2) is 0 Å². The SMILES string of the molecule is CC(C)CCS(=O)(=O)N1CCC(CCN)CC1. The maximum atomic E-state index is 12.1. The number of hydrogen-bond donors (Lipinski definition) is 1. The first-order chi connectivity index (χ1) is 7.95. The Hall–Kier alpha value is -0.130. The van der Waals surface area contributed by atoms with Gasteiger partial charge in [-0.2, -0.15) is 0 Å². The van der Waals surface area contributed by atoms with Crippen LogP contribution < -0.4 is 5.73 Å². The van der Waals surface area contributed by atoms with Crippen LogP contribution in [0.4, 0.5) is 0 Å². The third kappa shape index (κ3) is 4.94. The summed E-state index contributed by atoms with van der Waals surface area (Å²) in [6.07, 6.45) is 3.72. The maximum Gasteiger partial charge on any atom is 0.214 e. The van der Waals surface area contributed by atoms with Crippen molar-refractivity contribution in [3.63, 3.8) is 0 Å². The molecule has 1 heterocycles. The number of piperidine rings is 1. The van der Waals surface area contributed by atoms with Gasteiger partial charge in [-0.3, -0.25) is 0 Å². The Balaban J connectivity index is 2.41. The van der Waals surface area contributed by atoms with E-state index in [1.54, 1.807) is 4.31 Å². The van der Waals surface area contributed by atoms with E-state index in [2.05, 4.69) is 13.8 Å². The molecule has 102 valence electrons. The van der Waals surface area contributed by atoms with E-state index < -0.39 is 10.0 Å². The molecule has 1 rings (SSSR count). The predicted molar refractivity (Wildman–Crippen MR) is 71.2 cm³/mol. The topological polar surface area (TPSA) is 63.4 Å². The number of nitrogens with two attached hydrogens (primary N) is 1. The molecule has 0 unspecified atom stereocenters. The number of hydrogen-bond acceptors (Lipinski definition) is 3. The van der Waals surface area contributed by atoms with Crippen LogP contribution in [-0.4, -0.2) is 38.1 Å². The molecule has 1 aliphatic rings. The lowest BCUT2D eigenvalue weighted by Gasteiger charge is -2.31. The minimum Gasteiger partial charge on any atom is -0.330 e. The van der Waals surface area contributed by atoms with Crippen molar-refractivity contribution in [1.29, 1.82) is 0 Å². The van der Waals surface area contributed by atoms with Crippen LogP contribution in [0.3, 0.4) is 0 Å². The van der Waals surface area contributed by atoms with Crippen molar-refractivity contribution in [2.24, 2.45) is 17.6 Å². The first-order valence-corrected chi connectivity index (χ1v) is 8.24. The Labute approximate surface area is 106 Å². The van der Waals surface area contributed by atoms with Gasteiger partial charge in [0.1, 0.15) is 0 Å². The third-order valence-corrected chi connectivity index (χ3v) is 5.40. The van der Waals surface area contributed by atoms with Crippen LogP contribution in [0.25, 0.3) is 0 Å². The summed E-state index contributed by atoms with van der Waals surface area (Å²) in [5.41, 5.74) is 5.53. The molecule has 4 nitrogen and oxygen atoms in total. The Morgan fingerprint density at radius 2 is 1.88 bits per heavy atom. The summed E-state index contributed by atoms with van der Waals surface area (Å²) >= 11 is 0. The molecule has 0 amide bonds. The van der Waals surface area contributed by atoms with Crippen LogP contribution in [0.15, 0.2) is 0 Å². The summed E-state index contributed by atoms with van der Waals surface area (Å²) in [5.74, 6) is 1.36. The predicted octanol–water partition coefficient (Wildman–Crippen LogP) is 1.42. The van der Waals surface area contributed by atoms with Gasteiger partial charge in [0.2, 0.25) is 10.0 Å². The average molecular weight is 262 g/mol. The summed E-state index contributed by atoms with van der Waals surface area (Å²) in [5, 5.41) is 0. The highest BCUT2D eigenvalue weighted by atomic mass is 32.2. The van der Waals surface area contributed by atoms with Crippen LogP contribution in [-0.2, 0) is 10.0 Å². The second-order valence-electron chi connectivity index (χ2n) is 5.42. The molecule has 1 fully saturated rings. The number of nitrogens with zero attached hydrogens (tertiary/aromatic N) is 1. The Kier molecular flexibility index (Phi) is 5.89. The minimum absolute atomic E-state index is 0.298. The molecule has 0 radical (unpaired) electrons. The van der Waals surface area contributed by atoms with Crippen LogP contribution in [0.1, 0.15) is 39.5 Å². The highest BCUT2D eigenvalue weighted by molar-refractivity contribution is 7.89. The lowest BCUT2D eigenvalue weighted by Crippen LogP contribution is -2.40. The first kappa shape index (κ1) is 14.9. The highest BCUT2D eigenvalue weighted by Gasteiger charge is 2.27. The van der Waals surface area contributed by atoms with E-state index in [1.807, 2.05) is 0 Å². The molecule has 0 saturated carbocycles. The molecule has 1 aliphatic heterocycles. The van der Waals surface area contributed by atoms with Gasteiger partial charge in [0, 0.05) is 13.1 Å². The Bertz CT molecular complexity index is 306. The molecule has 5 heteroatoms. The maximum absolute atomic E-state index is 12.1. The minimum atomic E-state index is -3.01. The van der Waals surface area contributed by atoms with Gasteiger partial charge < -0.3 is 5.73 Å². The standard InChI is InChI=1S/C12H26N2O2S/c1-11(2)6-10-17(15,16)14-8-4-12(3-7-13)5-9-14/h11-12H,3-10,13H2,1-2H3. The monoisotopic (exact) mass is 262 g/mol. The van der Waals surface area contributed by atoms with Crippen molar-refractivity contribution in [3.05, 3.63) is 0 Å². The third-order valence-electron chi connectivity index (χ3n) is 3.49. The van der Waals surface area contributed by atoms with Crippen molar-refractivity contribution in [2.75, 3.05) is 25.4 Å². The van der Waals surface area contributed by atoms with E-state index >= 15 is 0 Å². The van der Waals surface area contributed by atoms with Crippen LogP contribution in [0.5, 0.6) is 0 Å². The fraction of sp³-hybridized carbons (Fsp3) is 1.00. The van der Waals surface area contributed by atoms with Crippen molar-refractivity contribution in [3.8, 4) is 0 Å². The molecular formula is C12H26N2O2S. The second-order valence-corrected chi connectivity index (χ2v) is 7.51. The van der Waals surface area contributed by atoms with E-state index in [9.17, 15) is 8.42 Å². The smallest absolute Gasteiger partial charge is 0.214 e. The summed E-state index contributed by atoms with van der Waals surface area (Å²) in [4.78, 5) is 0. The molecule has 0 aromatic rings. The molecule has 0 aromatic heterocycles. The Morgan fingerprint density at radius 3 is 2.35 bits per heavy atom. The van der Waals surface area contributed by atoms with Crippen molar-refractivity contribution in [1.82, 2.24) is 4.31 Å². The molecular weight excluding hydrogens is 236 g/mol. The molecule has 17 heavy (non-hydrogen) atoms. The molecule has 0 aliphatic carbocycles. The first-order valence-electron chi connectivity index (χ1n) is 6.63. The van der Waals surface area contributed by atoms with Gasteiger partial charge in [-0.15, -0.1) is 0 Å². The lowest BCUT2D eigenvalue weighted by molar-refractivity contribution is 0.265. The normalized spacial score (nSPS) is 20.0. The van der Waals surface area contributed by atoms with Crippen LogP contribution in [0, 0.1) is 11.8 Å². The van der Waals surface area contributed by atoms with E-state index in [0.717, 1.165) is 25.7 Å². The fourth-order valence-corrected chi connectivity index (χ4v) is 4.02. The fourth-order valence-electron chi connectivity index (χ4n) is 2.23. The van der Waals surface area contributed by atoms with Gasteiger partial charge in [-0.1, -0.05) is 13.8 Å². The van der Waals surface area contributed by atoms with Gasteiger partial charge in [-0.05, 0) is 44.1 Å². The average Bonchev–Trinajstić information content (AvgIpc) is 2.28. The number of rotatable bonds is 6. The molecule has 2 N–H and O–H groups in total. The quantitative estimate of drug-likeness (QED) is 0.787. The second kappa shape index (κ2) is 6.71. The lowest BCUT2D eigenvalue weighted by atomic mass is 9.95. The van der Waals surface area contributed by atoms with E-state index in [-0.39, 0.29) is 0 Å². The van der Waals surface area contributed by atoms with Crippen LogP contribution in [0.2, 0.25) is 0 Å². The molecule has 0 aromatic carbocycles. The van der Waals surface area contributed by atoms with E-state index in [0.29, 0.717) is 37.2 Å². The van der Waals surface area contributed by atoms with Gasteiger partial charge in [-0.25, -0.2) is 12.7 Å². The highest BCUT2D eigenvalue weighted by Crippen LogP contribution is 2.22. The molecule has 1 saturated heterocycles. The Morgan fingerprint density at radius 1 is 1.29 bits per heavy atom. The number of sulfonamides is 1. The molecule has 0 spiro atoms. The molecule has 0 bridgehead atoms. The van der Waals surface area contributed by atoms with E-state index in [1.165, 1.54) is 0 Å². The summed E-state index contributed by atoms with van der Waals surface area (Å²) in [6, 6.07) is 0. The summed E-state index contributed by atoms with van der Waals surface area (Å²) < 4.78 is 25.8. The largest absolute Gasteiger partial charge is 0.330 e. The van der Waals surface area contributed by atoms with Crippen molar-refractivity contribution < 1.29 is 8.42 Å². The van der Waals surface area contributed by atoms with Gasteiger partial charge >= 0.3 is 0 Å². The van der Waals surface area contributed by atoms with Crippen molar-refractivity contribution >= 4 is 10.0 Å².